The standard InChI is InChI=1S/C11H17N3O/c1-8-6-13-11(14-7-8)15-10-5-3-2-4-9(10)12/h6-7,9-10H,2-5,12H2,1H3. The number of aryl methyl sites for hydroxylation is 1. The monoisotopic (exact) mass is 207 g/mol. The molecule has 1 aromatic heterocycles. The largest absolute Gasteiger partial charge is 0.458 e. The molecular formula is C11H17N3O. The summed E-state index contributed by atoms with van der Waals surface area (Å²) in [7, 11) is 0. The van der Waals surface area contributed by atoms with Crippen molar-refractivity contribution >= 4 is 0 Å². The van der Waals surface area contributed by atoms with E-state index in [9.17, 15) is 0 Å². The molecule has 0 amide bonds. The Labute approximate surface area is 89.9 Å². The van der Waals surface area contributed by atoms with E-state index in [1.54, 1.807) is 12.4 Å². The number of nitrogens with two attached hydrogens (primary N) is 1. The number of ether oxygens (including phenoxy) is 1. The van der Waals surface area contributed by atoms with Crippen LogP contribution >= 0.6 is 0 Å². The first kappa shape index (κ1) is 10.4. The second kappa shape index (κ2) is 4.57. The summed E-state index contributed by atoms with van der Waals surface area (Å²) < 4.78 is 5.68. The van der Waals surface area contributed by atoms with Gasteiger partial charge < -0.3 is 10.5 Å². The molecule has 0 spiro atoms. The fraction of sp³-hybridized carbons (Fsp3) is 0.636. The Morgan fingerprint density at radius 3 is 2.60 bits per heavy atom. The summed E-state index contributed by atoms with van der Waals surface area (Å²) in [4.78, 5) is 8.24. The van der Waals surface area contributed by atoms with Gasteiger partial charge in [0.15, 0.2) is 0 Å². The molecule has 0 saturated heterocycles. The molecule has 82 valence electrons. The van der Waals surface area contributed by atoms with Gasteiger partial charge in [-0.15, -0.1) is 0 Å². The molecule has 0 radical (unpaired) electrons. The Kier molecular flexibility index (Phi) is 3.16. The van der Waals surface area contributed by atoms with Crippen LogP contribution in [0.15, 0.2) is 12.4 Å². The lowest BCUT2D eigenvalue weighted by atomic mass is 9.93. The molecule has 2 atom stereocenters. The molecule has 4 heteroatoms. The molecule has 1 saturated carbocycles. The Balaban J connectivity index is 1.98. The van der Waals surface area contributed by atoms with E-state index in [0.717, 1.165) is 18.4 Å². The van der Waals surface area contributed by atoms with Crippen molar-refractivity contribution in [3.05, 3.63) is 18.0 Å². The normalized spacial score (nSPS) is 26.3. The van der Waals surface area contributed by atoms with Crippen LogP contribution in [-0.2, 0) is 0 Å². The number of rotatable bonds is 2. The minimum absolute atomic E-state index is 0.0847. The van der Waals surface area contributed by atoms with E-state index in [-0.39, 0.29) is 12.1 Å². The molecule has 1 aliphatic carbocycles. The van der Waals surface area contributed by atoms with Crippen LogP contribution in [0.1, 0.15) is 31.2 Å². The highest BCUT2D eigenvalue weighted by molar-refractivity contribution is 5.05. The van der Waals surface area contributed by atoms with Crippen LogP contribution in [-0.4, -0.2) is 22.1 Å². The summed E-state index contributed by atoms with van der Waals surface area (Å²) in [5.74, 6) is 0. The molecule has 15 heavy (non-hydrogen) atoms. The maximum absolute atomic E-state index is 5.98. The minimum atomic E-state index is 0.0847. The SMILES string of the molecule is Cc1cnc(OC2CCCCC2N)nc1. The molecule has 2 N–H and O–H groups in total. The van der Waals surface area contributed by atoms with Crippen molar-refractivity contribution in [2.24, 2.45) is 5.73 Å². The van der Waals surface area contributed by atoms with Crippen molar-refractivity contribution in [1.82, 2.24) is 9.97 Å². The van der Waals surface area contributed by atoms with Gasteiger partial charge in [0.25, 0.3) is 0 Å². The first-order chi connectivity index (χ1) is 7.25. The van der Waals surface area contributed by atoms with Crippen LogP contribution in [0.2, 0.25) is 0 Å². The molecule has 0 aliphatic heterocycles. The van der Waals surface area contributed by atoms with Crippen LogP contribution < -0.4 is 10.5 Å². The highest BCUT2D eigenvalue weighted by atomic mass is 16.5. The van der Waals surface area contributed by atoms with Gasteiger partial charge in [-0.1, -0.05) is 6.42 Å². The van der Waals surface area contributed by atoms with E-state index >= 15 is 0 Å². The zero-order valence-electron chi connectivity index (χ0n) is 9.02. The third-order valence-electron chi connectivity index (χ3n) is 2.77. The molecule has 1 heterocycles. The third kappa shape index (κ3) is 2.65. The number of nitrogens with zero attached hydrogens (tertiary/aromatic N) is 2. The van der Waals surface area contributed by atoms with Gasteiger partial charge in [0, 0.05) is 18.4 Å². The predicted molar refractivity (Wildman–Crippen MR) is 57.6 cm³/mol. The molecule has 0 aromatic carbocycles. The smallest absolute Gasteiger partial charge is 0.316 e. The quantitative estimate of drug-likeness (QED) is 0.797. The molecule has 1 aromatic rings. The average Bonchev–Trinajstić information content (AvgIpc) is 2.25. The van der Waals surface area contributed by atoms with Gasteiger partial charge in [-0.3, -0.25) is 0 Å². The Hall–Kier alpha value is -1.16. The van der Waals surface area contributed by atoms with E-state index in [2.05, 4.69) is 9.97 Å². The van der Waals surface area contributed by atoms with E-state index in [0.29, 0.717) is 6.01 Å². The van der Waals surface area contributed by atoms with Gasteiger partial charge in [-0.2, -0.15) is 0 Å². The van der Waals surface area contributed by atoms with Crippen molar-refractivity contribution in [1.29, 1.82) is 0 Å². The van der Waals surface area contributed by atoms with E-state index in [4.69, 9.17) is 10.5 Å². The van der Waals surface area contributed by atoms with Gasteiger partial charge in [0.1, 0.15) is 6.10 Å². The fourth-order valence-electron chi connectivity index (χ4n) is 1.85. The average molecular weight is 207 g/mol. The lowest BCUT2D eigenvalue weighted by molar-refractivity contribution is 0.120. The van der Waals surface area contributed by atoms with Crippen LogP contribution in [0, 0.1) is 6.92 Å². The van der Waals surface area contributed by atoms with Gasteiger partial charge in [0.05, 0.1) is 0 Å². The van der Waals surface area contributed by atoms with Crippen molar-refractivity contribution in [3.8, 4) is 6.01 Å². The molecular weight excluding hydrogens is 190 g/mol. The lowest BCUT2D eigenvalue weighted by Gasteiger charge is -2.27. The Morgan fingerprint density at radius 1 is 1.27 bits per heavy atom. The van der Waals surface area contributed by atoms with Gasteiger partial charge in [-0.25, -0.2) is 9.97 Å². The van der Waals surface area contributed by atoms with Crippen LogP contribution in [0.5, 0.6) is 6.01 Å². The fourth-order valence-corrected chi connectivity index (χ4v) is 1.85. The topological polar surface area (TPSA) is 61.0 Å². The van der Waals surface area contributed by atoms with E-state index in [1.807, 2.05) is 6.92 Å². The summed E-state index contributed by atoms with van der Waals surface area (Å²) in [5.41, 5.74) is 7.01. The van der Waals surface area contributed by atoms with Gasteiger partial charge in [-0.05, 0) is 31.7 Å². The molecule has 2 rings (SSSR count). The predicted octanol–water partition coefficient (Wildman–Crippen LogP) is 1.43. The van der Waals surface area contributed by atoms with Crippen molar-refractivity contribution < 1.29 is 4.74 Å². The second-order valence-corrected chi connectivity index (χ2v) is 4.15. The summed E-state index contributed by atoms with van der Waals surface area (Å²) >= 11 is 0. The second-order valence-electron chi connectivity index (χ2n) is 4.15. The van der Waals surface area contributed by atoms with Crippen molar-refractivity contribution in [3.63, 3.8) is 0 Å². The van der Waals surface area contributed by atoms with Crippen LogP contribution in [0.4, 0.5) is 0 Å². The summed E-state index contributed by atoms with van der Waals surface area (Å²) in [6, 6.07) is 0.576. The summed E-state index contributed by atoms with van der Waals surface area (Å²) in [6.07, 6.45) is 8.05. The number of hydrogen-bond acceptors (Lipinski definition) is 4. The third-order valence-corrected chi connectivity index (χ3v) is 2.77. The first-order valence-corrected chi connectivity index (χ1v) is 5.46. The Bertz CT molecular complexity index is 312. The van der Waals surface area contributed by atoms with Gasteiger partial charge in [0.2, 0.25) is 0 Å². The highest BCUT2D eigenvalue weighted by Gasteiger charge is 2.23. The molecule has 1 fully saturated rings. The maximum atomic E-state index is 5.98. The number of aromatic nitrogens is 2. The lowest BCUT2D eigenvalue weighted by Crippen LogP contribution is -2.41. The summed E-state index contributed by atoms with van der Waals surface area (Å²) in [5, 5.41) is 0. The molecule has 0 bridgehead atoms. The van der Waals surface area contributed by atoms with Crippen LogP contribution in [0.25, 0.3) is 0 Å². The summed E-state index contributed by atoms with van der Waals surface area (Å²) in [6.45, 7) is 1.95. The zero-order valence-corrected chi connectivity index (χ0v) is 9.02. The van der Waals surface area contributed by atoms with E-state index in [1.165, 1.54) is 12.8 Å². The van der Waals surface area contributed by atoms with E-state index < -0.39 is 0 Å². The minimum Gasteiger partial charge on any atom is -0.458 e. The zero-order chi connectivity index (χ0) is 10.7. The molecule has 4 nitrogen and oxygen atoms in total. The van der Waals surface area contributed by atoms with Crippen molar-refractivity contribution in [2.75, 3.05) is 0 Å². The maximum Gasteiger partial charge on any atom is 0.316 e. The van der Waals surface area contributed by atoms with Crippen LogP contribution in [0.3, 0.4) is 0 Å². The Morgan fingerprint density at radius 2 is 1.93 bits per heavy atom. The first-order valence-electron chi connectivity index (χ1n) is 5.46. The molecule has 2 unspecified atom stereocenters. The van der Waals surface area contributed by atoms with Gasteiger partial charge >= 0.3 is 6.01 Å². The molecule has 1 aliphatic rings. The number of hydrogen-bond donors (Lipinski definition) is 1. The highest BCUT2D eigenvalue weighted by Crippen LogP contribution is 2.20. The van der Waals surface area contributed by atoms with Crippen molar-refractivity contribution in [2.45, 2.75) is 44.8 Å².